The molecule has 0 radical (unpaired) electrons. The topological polar surface area (TPSA) is 113 Å². The molecule has 11 heteroatoms. The first-order valence-electron chi connectivity index (χ1n) is 10.8. The summed E-state index contributed by atoms with van der Waals surface area (Å²) < 4.78 is 36.7. The van der Waals surface area contributed by atoms with E-state index >= 15 is 4.39 Å². The van der Waals surface area contributed by atoms with Crippen molar-refractivity contribution in [3.05, 3.63) is 40.7 Å². The molecule has 34 heavy (non-hydrogen) atoms. The first-order chi connectivity index (χ1) is 16.5. The van der Waals surface area contributed by atoms with Crippen LogP contribution in [-0.4, -0.2) is 40.6 Å². The van der Waals surface area contributed by atoms with E-state index in [2.05, 4.69) is 27.2 Å². The molecule has 3 N–H and O–H groups in total. The van der Waals surface area contributed by atoms with Crippen LogP contribution in [0.25, 0.3) is 32.2 Å². The molecule has 1 saturated heterocycles. The largest absolute Gasteiger partial charge is 0.389 e. The number of halogens is 2. The number of rotatable bonds is 2. The minimum Gasteiger partial charge on any atom is -0.389 e. The first-order valence-corrected chi connectivity index (χ1v) is 11.6. The second-order valence-electron chi connectivity index (χ2n) is 8.43. The summed E-state index contributed by atoms with van der Waals surface area (Å²) in [6, 6.07) is 2.17. The monoisotopic (exact) mass is 479 g/mol. The third kappa shape index (κ3) is 2.96. The van der Waals surface area contributed by atoms with E-state index in [0.717, 1.165) is 36.2 Å². The Kier molecular flexibility index (Phi) is 4.84. The van der Waals surface area contributed by atoms with E-state index in [1.54, 1.807) is 6.20 Å². The highest BCUT2D eigenvalue weighted by Crippen LogP contribution is 2.45. The molecule has 2 aliphatic heterocycles. The molecule has 8 nitrogen and oxygen atoms in total. The van der Waals surface area contributed by atoms with Crippen molar-refractivity contribution in [2.45, 2.75) is 26.2 Å². The lowest BCUT2D eigenvalue weighted by Gasteiger charge is -2.34. The molecule has 0 spiro atoms. The number of fused-ring (bicyclic) bond motifs is 4. The number of nitrogen functional groups attached to an aromatic ring is 1. The lowest BCUT2D eigenvalue weighted by Crippen LogP contribution is -2.50. The van der Waals surface area contributed by atoms with E-state index in [9.17, 15) is 9.65 Å². The van der Waals surface area contributed by atoms with Gasteiger partial charge in [-0.25, -0.2) is 18.7 Å². The Morgan fingerprint density at radius 1 is 1.26 bits per heavy atom. The van der Waals surface area contributed by atoms with Crippen LogP contribution in [0, 0.1) is 23.0 Å². The van der Waals surface area contributed by atoms with Gasteiger partial charge < -0.3 is 20.7 Å². The van der Waals surface area contributed by atoms with Crippen LogP contribution in [0.15, 0.2) is 12.4 Å². The highest BCUT2D eigenvalue weighted by atomic mass is 32.1. The van der Waals surface area contributed by atoms with Crippen LogP contribution in [0.5, 0.6) is 0 Å². The molecule has 0 bridgehead atoms. The van der Waals surface area contributed by atoms with Gasteiger partial charge in [-0.1, -0.05) is 0 Å². The Morgan fingerprint density at radius 3 is 2.88 bits per heavy atom. The van der Waals surface area contributed by atoms with Crippen molar-refractivity contribution in [3.63, 3.8) is 0 Å². The fraction of sp³-hybridized carbons (Fsp3) is 0.304. The molecule has 172 valence electrons. The van der Waals surface area contributed by atoms with Crippen molar-refractivity contribution in [3.8, 4) is 17.3 Å². The minimum atomic E-state index is -0.608. The standard InChI is InChI=1S/C23H19F2N7OS/c1-10-5-28-2-3-32(10)23-30-6-12-13-8-33-9-14(13)16(18(25)19(12)31-23)20-17-11(4-26)22(27)34-21(17)15(24)7-29-20/h6-7,10,28H,2-3,5,8-9,27H2,1H3/t10-/m1/s1. The molecule has 0 saturated carbocycles. The van der Waals surface area contributed by atoms with E-state index in [4.69, 9.17) is 10.5 Å². The molecule has 1 fully saturated rings. The predicted octanol–water partition coefficient (Wildman–Crippen LogP) is 3.47. The zero-order chi connectivity index (χ0) is 23.6. The SMILES string of the molecule is C[C@@H]1CNCCN1c1ncc2c3c(c(-c4ncc(F)c5sc(N)c(C#N)c45)c(F)c2n1)COC3. The summed E-state index contributed by atoms with van der Waals surface area (Å²) in [6.45, 7) is 4.76. The highest BCUT2D eigenvalue weighted by Gasteiger charge is 2.30. The number of piperazine rings is 1. The molecule has 0 amide bonds. The van der Waals surface area contributed by atoms with Gasteiger partial charge in [0.1, 0.15) is 16.6 Å². The van der Waals surface area contributed by atoms with Gasteiger partial charge >= 0.3 is 0 Å². The number of nitrogens with zero attached hydrogens (tertiary/aromatic N) is 5. The zero-order valence-corrected chi connectivity index (χ0v) is 19.0. The van der Waals surface area contributed by atoms with Crippen LogP contribution < -0.4 is 16.0 Å². The van der Waals surface area contributed by atoms with Crippen LogP contribution >= 0.6 is 11.3 Å². The number of aromatic nitrogens is 3. The number of hydrogen-bond acceptors (Lipinski definition) is 9. The highest BCUT2D eigenvalue weighted by molar-refractivity contribution is 7.23. The van der Waals surface area contributed by atoms with Crippen molar-refractivity contribution in [1.29, 1.82) is 5.26 Å². The van der Waals surface area contributed by atoms with Crippen LogP contribution in [0.1, 0.15) is 23.6 Å². The average molecular weight is 480 g/mol. The van der Waals surface area contributed by atoms with Crippen LogP contribution in [0.4, 0.5) is 19.7 Å². The summed E-state index contributed by atoms with van der Waals surface area (Å²) in [7, 11) is 0. The van der Waals surface area contributed by atoms with E-state index < -0.39 is 11.6 Å². The molecule has 4 aromatic rings. The Labute approximate surface area is 197 Å². The van der Waals surface area contributed by atoms with Crippen LogP contribution in [0.2, 0.25) is 0 Å². The second-order valence-corrected chi connectivity index (χ2v) is 9.48. The lowest BCUT2D eigenvalue weighted by atomic mass is 9.94. The lowest BCUT2D eigenvalue weighted by molar-refractivity contribution is 0.135. The third-order valence-corrected chi connectivity index (χ3v) is 7.52. The van der Waals surface area contributed by atoms with E-state index in [1.165, 1.54) is 0 Å². The quantitative estimate of drug-likeness (QED) is 0.449. The summed E-state index contributed by atoms with van der Waals surface area (Å²) >= 11 is 0.951. The number of nitrogens with one attached hydrogen (secondary N) is 1. The molecule has 6 rings (SSSR count). The number of nitriles is 1. The van der Waals surface area contributed by atoms with Gasteiger partial charge in [0.2, 0.25) is 5.95 Å². The van der Waals surface area contributed by atoms with Gasteiger partial charge in [0, 0.05) is 48.2 Å². The number of benzene rings is 1. The molecule has 1 atom stereocenters. The van der Waals surface area contributed by atoms with Gasteiger partial charge in [0.25, 0.3) is 0 Å². The zero-order valence-electron chi connectivity index (χ0n) is 18.2. The van der Waals surface area contributed by atoms with Crippen molar-refractivity contribution in [1.82, 2.24) is 20.3 Å². The molecule has 0 unspecified atom stereocenters. The summed E-state index contributed by atoms with van der Waals surface area (Å²) in [5, 5.41) is 14.0. The average Bonchev–Trinajstić information content (AvgIpc) is 3.45. The molecule has 2 aliphatic rings. The van der Waals surface area contributed by atoms with Gasteiger partial charge in [0.05, 0.1) is 35.4 Å². The Balaban J connectivity index is 1.66. The Bertz CT molecular complexity index is 1530. The fourth-order valence-corrected chi connectivity index (χ4v) is 5.74. The van der Waals surface area contributed by atoms with Gasteiger partial charge in [-0.15, -0.1) is 11.3 Å². The summed E-state index contributed by atoms with van der Waals surface area (Å²) in [5.41, 5.74) is 7.93. The molecular formula is C23H19F2N7OS. The van der Waals surface area contributed by atoms with Crippen molar-refractivity contribution in [2.75, 3.05) is 30.3 Å². The summed E-state index contributed by atoms with van der Waals surface area (Å²) in [6.07, 6.45) is 2.68. The number of thiophene rings is 1. The number of anilines is 2. The van der Waals surface area contributed by atoms with Crippen molar-refractivity contribution < 1.29 is 13.5 Å². The number of pyridine rings is 1. The van der Waals surface area contributed by atoms with Gasteiger partial charge in [-0.05, 0) is 18.1 Å². The maximum Gasteiger partial charge on any atom is 0.226 e. The maximum atomic E-state index is 16.3. The molecule has 3 aromatic heterocycles. The van der Waals surface area contributed by atoms with Crippen molar-refractivity contribution >= 4 is 43.3 Å². The molecular weight excluding hydrogens is 460 g/mol. The van der Waals surface area contributed by atoms with E-state index in [1.807, 2.05) is 11.0 Å². The van der Waals surface area contributed by atoms with Gasteiger partial charge in [-0.3, -0.25) is 4.98 Å². The van der Waals surface area contributed by atoms with E-state index in [-0.39, 0.29) is 56.7 Å². The Hall–Kier alpha value is -3.46. The van der Waals surface area contributed by atoms with Gasteiger partial charge in [0.15, 0.2) is 11.6 Å². The van der Waals surface area contributed by atoms with Crippen LogP contribution in [-0.2, 0) is 18.0 Å². The molecule has 1 aromatic carbocycles. The third-order valence-electron chi connectivity index (χ3n) is 6.49. The fourth-order valence-electron chi connectivity index (χ4n) is 4.82. The number of ether oxygens (including phenoxy) is 1. The van der Waals surface area contributed by atoms with E-state index in [0.29, 0.717) is 23.4 Å². The minimum absolute atomic E-state index is 0.0900. The summed E-state index contributed by atoms with van der Waals surface area (Å²) in [4.78, 5) is 15.4. The number of nitrogens with two attached hydrogens (primary N) is 1. The maximum absolute atomic E-state index is 16.3. The predicted molar refractivity (Wildman–Crippen MR) is 125 cm³/mol. The first kappa shape index (κ1) is 21.1. The van der Waals surface area contributed by atoms with Crippen LogP contribution in [0.3, 0.4) is 0 Å². The normalized spacial score (nSPS) is 17.9. The Morgan fingerprint density at radius 2 is 2.09 bits per heavy atom. The smallest absolute Gasteiger partial charge is 0.226 e. The number of hydrogen-bond donors (Lipinski definition) is 2. The second kappa shape index (κ2) is 7.80. The van der Waals surface area contributed by atoms with Gasteiger partial charge in [-0.2, -0.15) is 5.26 Å². The molecule has 0 aliphatic carbocycles. The summed E-state index contributed by atoms with van der Waals surface area (Å²) in [5.74, 6) is -0.761. The van der Waals surface area contributed by atoms with Crippen molar-refractivity contribution in [2.24, 2.45) is 0 Å². The molecule has 5 heterocycles.